The molecule has 104 valence electrons. The van der Waals surface area contributed by atoms with Crippen molar-refractivity contribution in [1.29, 1.82) is 0 Å². The molecule has 0 aliphatic heterocycles. The summed E-state index contributed by atoms with van der Waals surface area (Å²) in [6, 6.07) is 10.2. The van der Waals surface area contributed by atoms with E-state index in [0.717, 1.165) is 34.1 Å². The molecule has 0 amide bonds. The summed E-state index contributed by atoms with van der Waals surface area (Å²) in [6.07, 6.45) is 0. The van der Waals surface area contributed by atoms with Gasteiger partial charge in [0.15, 0.2) is 5.13 Å². The number of rotatable bonds is 4. The number of anilines is 1. The first-order valence-electron chi connectivity index (χ1n) is 6.80. The maximum absolute atomic E-state index is 5.89. The van der Waals surface area contributed by atoms with Gasteiger partial charge in [-0.3, -0.25) is 0 Å². The Morgan fingerprint density at radius 3 is 2.80 bits per heavy atom. The second-order valence-corrected chi connectivity index (χ2v) is 6.33. The molecule has 1 aromatic carbocycles. The van der Waals surface area contributed by atoms with Crippen molar-refractivity contribution in [3.8, 4) is 0 Å². The van der Waals surface area contributed by atoms with Crippen LogP contribution in [-0.4, -0.2) is 11.5 Å². The number of benzene rings is 1. The van der Waals surface area contributed by atoms with Crippen LogP contribution in [0.1, 0.15) is 29.2 Å². The first kappa shape index (κ1) is 13.2. The summed E-state index contributed by atoms with van der Waals surface area (Å²) < 4.78 is 5.89. The van der Waals surface area contributed by atoms with Gasteiger partial charge in [-0.25, -0.2) is 4.98 Å². The fourth-order valence-electron chi connectivity index (χ4n) is 2.13. The maximum Gasteiger partial charge on any atom is 0.183 e. The molecule has 1 atom stereocenters. The van der Waals surface area contributed by atoms with E-state index in [1.165, 1.54) is 4.88 Å². The van der Waals surface area contributed by atoms with Crippen LogP contribution in [0.2, 0.25) is 0 Å². The van der Waals surface area contributed by atoms with Gasteiger partial charge in [0.1, 0.15) is 11.3 Å². The Morgan fingerprint density at radius 2 is 2.10 bits per heavy atom. The van der Waals surface area contributed by atoms with E-state index in [1.54, 1.807) is 11.3 Å². The van der Waals surface area contributed by atoms with Crippen LogP contribution in [-0.2, 0) is 0 Å². The molecule has 0 bridgehead atoms. The molecule has 4 heteroatoms. The van der Waals surface area contributed by atoms with Crippen LogP contribution in [0.15, 0.2) is 34.7 Å². The molecule has 3 aromatic rings. The van der Waals surface area contributed by atoms with Gasteiger partial charge in [-0.2, -0.15) is 0 Å². The highest BCUT2D eigenvalue weighted by Crippen LogP contribution is 2.26. The van der Waals surface area contributed by atoms with Crippen molar-refractivity contribution in [3.05, 3.63) is 46.7 Å². The lowest BCUT2D eigenvalue weighted by atomic mass is 10.1. The van der Waals surface area contributed by atoms with Crippen LogP contribution in [0, 0.1) is 13.8 Å². The second kappa shape index (κ2) is 5.29. The largest absolute Gasteiger partial charge is 0.461 e. The van der Waals surface area contributed by atoms with Gasteiger partial charge in [0.05, 0.1) is 5.69 Å². The topological polar surface area (TPSA) is 38.1 Å². The molecule has 0 fully saturated rings. The van der Waals surface area contributed by atoms with E-state index in [9.17, 15) is 0 Å². The standard InChI is InChI=1S/C16H18N2OS/c1-10(9-17-16-18-11(2)12(3)20-16)15-8-13-6-4-5-7-14(13)19-15/h4-8,10H,9H2,1-3H3,(H,17,18). The van der Waals surface area contributed by atoms with Crippen LogP contribution in [0.3, 0.4) is 0 Å². The molecule has 1 unspecified atom stereocenters. The number of nitrogens with one attached hydrogen (secondary N) is 1. The molecule has 0 radical (unpaired) electrons. The highest BCUT2D eigenvalue weighted by Gasteiger charge is 2.12. The third kappa shape index (κ3) is 2.56. The summed E-state index contributed by atoms with van der Waals surface area (Å²) in [5, 5.41) is 5.55. The molecular weight excluding hydrogens is 268 g/mol. The van der Waals surface area contributed by atoms with E-state index in [-0.39, 0.29) is 0 Å². The number of furan rings is 1. The average molecular weight is 286 g/mol. The SMILES string of the molecule is Cc1nc(NCC(C)c2cc3ccccc3o2)sc1C. The summed E-state index contributed by atoms with van der Waals surface area (Å²) >= 11 is 1.70. The number of hydrogen-bond donors (Lipinski definition) is 1. The van der Waals surface area contributed by atoms with Gasteiger partial charge in [-0.1, -0.05) is 25.1 Å². The van der Waals surface area contributed by atoms with E-state index >= 15 is 0 Å². The van der Waals surface area contributed by atoms with E-state index < -0.39 is 0 Å². The summed E-state index contributed by atoms with van der Waals surface area (Å²) in [6.45, 7) is 7.13. The van der Waals surface area contributed by atoms with Gasteiger partial charge < -0.3 is 9.73 Å². The van der Waals surface area contributed by atoms with Gasteiger partial charge in [-0.15, -0.1) is 11.3 Å². The number of aryl methyl sites for hydroxylation is 2. The monoisotopic (exact) mass is 286 g/mol. The Kier molecular flexibility index (Phi) is 3.49. The summed E-state index contributed by atoms with van der Waals surface area (Å²) in [7, 11) is 0. The number of para-hydroxylation sites is 1. The number of nitrogens with zero attached hydrogens (tertiary/aromatic N) is 1. The number of hydrogen-bond acceptors (Lipinski definition) is 4. The highest BCUT2D eigenvalue weighted by atomic mass is 32.1. The number of thiazole rings is 1. The lowest BCUT2D eigenvalue weighted by molar-refractivity contribution is 0.514. The zero-order valence-electron chi connectivity index (χ0n) is 11.9. The zero-order valence-corrected chi connectivity index (χ0v) is 12.8. The molecule has 0 aliphatic rings. The van der Waals surface area contributed by atoms with Crippen molar-refractivity contribution >= 4 is 27.4 Å². The van der Waals surface area contributed by atoms with Crippen molar-refractivity contribution in [1.82, 2.24) is 4.98 Å². The van der Waals surface area contributed by atoms with Crippen LogP contribution < -0.4 is 5.32 Å². The molecule has 0 spiro atoms. The predicted octanol–water partition coefficient (Wildman–Crippen LogP) is 4.72. The molecule has 3 rings (SSSR count). The van der Waals surface area contributed by atoms with Gasteiger partial charge in [0.25, 0.3) is 0 Å². The third-order valence-electron chi connectivity index (χ3n) is 3.52. The fourth-order valence-corrected chi connectivity index (χ4v) is 2.96. The van der Waals surface area contributed by atoms with E-state index in [0.29, 0.717) is 5.92 Å². The number of fused-ring (bicyclic) bond motifs is 1. The van der Waals surface area contributed by atoms with Gasteiger partial charge in [0, 0.05) is 22.7 Å². The third-order valence-corrected chi connectivity index (χ3v) is 4.55. The van der Waals surface area contributed by atoms with Crippen molar-refractivity contribution in [3.63, 3.8) is 0 Å². The molecule has 20 heavy (non-hydrogen) atoms. The van der Waals surface area contributed by atoms with E-state index in [2.05, 4.69) is 36.3 Å². The molecular formula is C16H18N2OS. The highest BCUT2D eigenvalue weighted by molar-refractivity contribution is 7.15. The number of aromatic nitrogens is 1. The minimum atomic E-state index is 0.312. The lowest BCUT2D eigenvalue weighted by Crippen LogP contribution is -2.08. The molecule has 0 saturated carbocycles. The molecule has 0 aliphatic carbocycles. The van der Waals surface area contributed by atoms with Crippen molar-refractivity contribution in [2.45, 2.75) is 26.7 Å². The van der Waals surface area contributed by atoms with Gasteiger partial charge in [-0.05, 0) is 26.0 Å². The van der Waals surface area contributed by atoms with Crippen molar-refractivity contribution in [2.24, 2.45) is 0 Å². The quantitative estimate of drug-likeness (QED) is 0.754. The minimum Gasteiger partial charge on any atom is -0.461 e. The van der Waals surface area contributed by atoms with Gasteiger partial charge in [0.2, 0.25) is 0 Å². The first-order valence-corrected chi connectivity index (χ1v) is 7.61. The van der Waals surface area contributed by atoms with E-state index in [4.69, 9.17) is 4.42 Å². The Labute approximate surface area is 122 Å². The lowest BCUT2D eigenvalue weighted by Gasteiger charge is -2.08. The summed E-state index contributed by atoms with van der Waals surface area (Å²) in [4.78, 5) is 5.76. The molecule has 2 heterocycles. The smallest absolute Gasteiger partial charge is 0.183 e. The molecule has 2 aromatic heterocycles. The molecule has 3 nitrogen and oxygen atoms in total. The Hall–Kier alpha value is -1.81. The predicted molar refractivity (Wildman–Crippen MR) is 84.7 cm³/mol. The Morgan fingerprint density at radius 1 is 1.30 bits per heavy atom. The second-order valence-electron chi connectivity index (χ2n) is 5.13. The van der Waals surface area contributed by atoms with Crippen LogP contribution >= 0.6 is 11.3 Å². The summed E-state index contributed by atoms with van der Waals surface area (Å²) in [5.41, 5.74) is 2.06. The zero-order chi connectivity index (χ0) is 14.1. The Balaban J connectivity index is 1.70. The van der Waals surface area contributed by atoms with Crippen molar-refractivity contribution in [2.75, 3.05) is 11.9 Å². The van der Waals surface area contributed by atoms with Crippen LogP contribution in [0.4, 0.5) is 5.13 Å². The fraction of sp³-hybridized carbons (Fsp3) is 0.312. The summed E-state index contributed by atoms with van der Waals surface area (Å²) in [5.74, 6) is 1.33. The van der Waals surface area contributed by atoms with E-state index in [1.807, 2.05) is 25.1 Å². The first-order chi connectivity index (χ1) is 9.63. The average Bonchev–Trinajstić information content (AvgIpc) is 3.00. The van der Waals surface area contributed by atoms with Gasteiger partial charge >= 0.3 is 0 Å². The minimum absolute atomic E-state index is 0.312. The Bertz CT molecular complexity index is 676. The van der Waals surface area contributed by atoms with Crippen molar-refractivity contribution < 1.29 is 4.42 Å². The normalized spacial score (nSPS) is 12.8. The molecule has 0 saturated heterocycles. The molecule has 1 N–H and O–H groups in total. The maximum atomic E-state index is 5.89. The van der Waals surface area contributed by atoms with Crippen LogP contribution in [0.5, 0.6) is 0 Å². The van der Waals surface area contributed by atoms with Crippen LogP contribution in [0.25, 0.3) is 11.0 Å².